The van der Waals surface area contributed by atoms with Crippen LogP contribution in [0.15, 0.2) is 56.9 Å². The van der Waals surface area contributed by atoms with E-state index in [1.165, 1.54) is 22.7 Å². The maximum Gasteiger partial charge on any atom is 0.295 e. The smallest absolute Gasteiger partial charge is 0.295 e. The molecule has 0 spiro atoms. The van der Waals surface area contributed by atoms with E-state index in [9.17, 15) is 18.5 Å². The van der Waals surface area contributed by atoms with Crippen molar-refractivity contribution in [2.45, 2.75) is 4.90 Å². The summed E-state index contributed by atoms with van der Waals surface area (Å²) >= 11 is 3.38. The van der Waals surface area contributed by atoms with Crippen LogP contribution in [-0.2, 0) is 14.8 Å². The molecule has 148 valence electrons. The molecule has 28 heavy (non-hydrogen) atoms. The summed E-state index contributed by atoms with van der Waals surface area (Å²) in [4.78, 5) is 10.7. The van der Waals surface area contributed by atoms with Gasteiger partial charge in [-0.3, -0.25) is 15.5 Å². The number of rotatable bonds is 6. The first-order valence-electron chi connectivity index (χ1n) is 8.29. The van der Waals surface area contributed by atoms with E-state index < -0.39 is 14.9 Å². The lowest BCUT2D eigenvalue weighted by Gasteiger charge is -2.26. The van der Waals surface area contributed by atoms with E-state index in [2.05, 4.69) is 26.5 Å². The Balaban J connectivity index is 1.85. The van der Waals surface area contributed by atoms with E-state index in [1.807, 2.05) is 24.3 Å². The summed E-state index contributed by atoms with van der Waals surface area (Å²) in [6, 6.07) is 11.1. The molecule has 0 amide bonds. The Hall–Kier alpha value is -2.34. The third-order valence-electron chi connectivity index (χ3n) is 4.07. The number of benzene rings is 2. The Morgan fingerprint density at radius 3 is 2.61 bits per heavy atom. The third kappa shape index (κ3) is 4.55. The van der Waals surface area contributed by atoms with Gasteiger partial charge in [0, 0.05) is 29.2 Å². The molecular formula is C17H17BrN4O5S. The topological polar surface area (TPSA) is 114 Å². The average molecular weight is 469 g/mol. The van der Waals surface area contributed by atoms with Crippen LogP contribution in [0, 0.1) is 10.1 Å². The Bertz CT molecular complexity index is 1010. The number of hydrazone groups is 1. The van der Waals surface area contributed by atoms with Crippen molar-refractivity contribution in [2.75, 3.05) is 31.7 Å². The zero-order valence-electron chi connectivity index (χ0n) is 14.6. The molecule has 1 heterocycles. The number of anilines is 1. The van der Waals surface area contributed by atoms with Gasteiger partial charge >= 0.3 is 0 Å². The number of morpholine rings is 1. The molecule has 0 saturated carbocycles. The second-order valence-corrected chi connectivity index (χ2v) is 8.64. The highest BCUT2D eigenvalue weighted by molar-refractivity contribution is 9.10. The fourth-order valence-corrected chi connectivity index (χ4v) is 4.42. The van der Waals surface area contributed by atoms with Gasteiger partial charge in [0.25, 0.3) is 5.69 Å². The van der Waals surface area contributed by atoms with E-state index in [-0.39, 0.29) is 29.4 Å². The molecule has 1 saturated heterocycles. The Morgan fingerprint density at radius 2 is 1.93 bits per heavy atom. The summed E-state index contributed by atoms with van der Waals surface area (Å²) < 4.78 is 32.6. The molecule has 1 fully saturated rings. The number of hydrogen-bond donors (Lipinski definition) is 1. The molecule has 9 nitrogen and oxygen atoms in total. The zero-order chi connectivity index (χ0) is 20.1. The lowest BCUT2D eigenvalue weighted by Crippen LogP contribution is -2.40. The lowest BCUT2D eigenvalue weighted by atomic mass is 10.2. The summed E-state index contributed by atoms with van der Waals surface area (Å²) in [6.45, 7) is 1.02. The van der Waals surface area contributed by atoms with Crippen molar-refractivity contribution in [1.82, 2.24) is 4.31 Å². The van der Waals surface area contributed by atoms with Crippen molar-refractivity contribution in [3.8, 4) is 0 Å². The minimum Gasteiger partial charge on any atom is -0.379 e. The molecule has 3 rings (SSSR count). The summed E-state index contributed by atoms with van der Waals surface area (Å²) in [5.74, 6) is 0. The van der Waals surface area contributed by atoms with Crippen LogP contribution >= 0.6 is 15.9 Å². The van der Waals surface area contributed by atoms with Crippen LogP contribution in [0.2, 0.25) is 0 Å². The van der Waals surface area contributed by atoms with Gasteiger partial charge in [0.05, 0.1) is 29.2 Å². The maximum absolute atomic E-state index is 12.7. The number of nitro groups is 1. The van der Waals surface area contributed by atoms with E-state index in [4.69, 9.17) is 4.74 Å². The highest BCUT2D eigenvalue weighted by Gasteiger charge is 2.28. The molecule has 11 heteroatoms. The third-order valence-corrected chi connectivity index (χ3v) is 6.68. The maximum atomic E-state index is 12.7. The monoisotopic (exact) mass is 468 g/mol. The van der Waals surface area contributed by atoms with Crippen molar-refractivity contribution in [3.05, 3.63) is 62.6 Å². The van der Waals surface area contributed by atoms with Crippen molar-refractivity contribution in [3.63, 3.8) is 0 Å². The van der Waals surface area contributed by atoms with Gasteiger partial charge in [-0.15, -0.1) is 0 Å². The summed E-state index contributed by atoms with van der Waals surface area (Å²) in [5.41, 5.74) is 3.10. The van der Waals surface area contributed by atoms with E-state index in [1.54, 1.807) is 0 Å². The molecule has 0 atom stereocenters. The summed E-state index contributed by atoms with van der Waals surface area (Å²) in [7, 11) is -3.83. The molecule has 2 aromatic rings. The first-order valence-corrected chi connectivity index (χ1v) is 10.5. The minimum absolute atomic E-state index is 0.0919. The largest absolute Gasteiger partial charge is 0.379 e. The quantitative estimate of drug-likeness (QED) is 0.396. The standard InChI is InChI=1S/C17H17BrN4O5S/c18-15-4-2-1-3-13(15)12-19-20-16-6-5-14(11-17(16)22(23)24)28(25,26)21-7-9-27-10-8-21/h1-6,11-12,20H,7-10H2/b19-12+. The van der Waals surface area contributed by atoms with Crippen molar-refractivity contribution in [2.24, 2.45) is 5.10 Å². The van der Waals surface area contributed by atoms with Crippen LogP contribution in [0.4, 0.5) is 11.4 Å². The highest BCUT2D eigenvalue weighted by atomic mass is 79.9. The second kappa shape index (κ2) is 8.78. The number of nitrogens with one attached hydrogen (secondary N) is 1. The predicted molar refractivity (Wildman–Crippen MR) is 108 cm³/mol. The van der Waals surface area contributed by atoms with Gasteiger partial charge in [-0.05, 0) is 18.2 Å². The van der Waals surface area contributed by atoms with E-state index in [0.717, 1.165) is 16.1 Å². The molecule has 0 aromatic heterocycles. The van der Waals surface area contributed by atoms with E-state index in [0.29, 0.717) is 13.2 Å². The van der Waals surface area contributed by atoms with Gasteiger partial charge in [0.15, 0.2) is 0 Å². The summed E-state index contributed by atoms with van der Waals surface area (Å²) in [5, 5.41) is 15.5. The molecule has 1 N–H and O–H groups in total. The molecular weight excluding hydrogens is 452 g/mol. The molecule has 2 aromatic carbocycles. The molecule has 1 aliphatic heterocycles. The zero-order valence-corrected chi connectivity index (χ0v) is 17.0. The van der Waals surface area contributed by atoms with Gasteiger partial charge < -0.3 is 4.74 Å². The number of ether oxygens (including phenoxy) is 1. The van der Waals surface area contributed by atoms with Crippen LogP contribution in [0.3, 0.4) is 0 Å². The fourth-order valence-electron chi connectivity index (χ4n) is 2.60. The van der Waals surface area contributed by atoms with Gasteiger partial charge in [-0.25, -0.2) is 8.42 Å². The Morgan fingerprint density at radius 1 is 1.21 bits per heavy atom. The first-order chi connectivity index (χ1) is 13.4. The minimum atomic E-state index is -3.83. The van der Waals surface area contributed by atoms with Crippen LogP contribution in [0.5, 0.6) is 0 Å². The summed E-state index contributed by atoms with van der Waals surface area (Å²) in [6.07, 6.45) is 1.51. The normalized spacial score (nSPS) is 15.6. The van der Waals surface area contributed by atoms with Crippen LogP contribution in [0.1, 0.15) is 5.56 Å². The SMILES string of the molecule is O=[N+]([O-])c1cc(S(=O)(=O)N2CCOCC2)ccc1N/N=C/c1ccccc1Br. The first kappa shape index (κ1) is 20.4. The van der Waals surface area contributed by atoms with Crippen molar-refractivity contribution >= 4 is 43.5 Å². The molecule has 0 unspecified atom stereocenters. The Labute approximate surface area is 170 Å². The number of sulfonamides is 1. The fraction of sp³-hybridized carbons (Fsp3) is 0.235. The number of hydrogen-bond acceptors (Lipinski definition) is 7. The lowest BCUT2D eigenvalue weighted by molar-refractivity contribution is -0.384. The average Bonchev–Trinajstić information content (AvgIpc) is 2.70. The molecule has 0 radical (unpaired) electrons. The van der Waals surface area contributed by atoms with Gasteiger partial charge in [-0.1, -0.05) is 34.1 Å². The van der Waals surface area contributed by atoms with Crippen molar-refractivity contribution < 1.29 is 18.1 Å². The van der Waals surface area contributed by atoms with Crippen LogP contribution in [-0.4, -0.2) is 50.2 Å². The number of nitrogens with zero attached hydrogens (tertiary/aromatic N) is 3. The molecule has 0 aliphatic carbocycles. The van der Waals surface area contributed by atoms with Gasteiger partial charge in [0.2, 0.25) is 10.0 Å². The molecule has 1 aliphatic rings. The van der Waals surface area contributed by atoms with Crippen molar-refractivity contribution in [1.29, 1.82) is 0 Å². The predicted octanol–water partition coefficient (Wildman–Crippen LogP) is 2.82. The highest BCUT2D eigenvalue weighted by Crippen LogP contribution is 2.29. The van der Waals surface area contributed by atoms with Gasteiger partial charge in [0.1, 0.15) is 5.69 Å². The van der Waals surface area contributed by atoms with Crippen LogP contribution in [0.25, 0.3) is 0 Å². The molecule has 0 bridgehead atoms. The van der Waals surface area contributed by atoms with E-state index >= 15 is 0 Å². The number of halogens is 1. The number of nitro benzene ring substituents is 1. The van der Waals surface area contributed by atoms with Gasteiger partial charge in [-0.2, -0.15) is 9.41 Å². The van der Waals surface area contributed by atoms with Crippen LogP contribution < -0.4 is 5.43 Å². The second-order valence-electron chi connectivity index (χ2n) is 5.84. The Kier molecular flexibility index (Phi) is 6.39.